The van der Waals surface area contributed by atoms with E-state index in [1.807, 2.05) is 6.07 Å². The van der Waals surface area contributed by atoms with Crippen LogP contribution in [0.2, 0.25) is 0 Å². The molecular weight excluding hydrogens is 404 g/mol. The van der Waals surface area contributed by atoms with E-state index < -0.39 is 11.9 Å². The molecule has 1 aliphatic rings. The van der Waals surface area contributed by atoms with Crippen molar-refractivity contribution in [3.8, 4) is 17.6 Å². The molecule has 0 bridgehead atoms. The Hall–Kier alpha value is -2.66. The Balaban J connectivity index is 2.69. The average Bonchev–Trinajstić information content (AvgIpc) is 2.58. The molecule has 2 rings (SSSR count). The number of nitriles is 1. The molecular formula is C18H19BrN2O5. The van der Waals surface area contributed by atoms with E-state index >= 15 is 0 Å². The van der Waals surface area contributed by atoms with E-state index in [9.17, 15) is 15.2 Å². The summed E-state index contributed by atoms with van der Waals surface area (Å²) >= 11 is 3.27. The van der Waals surface area contributed by atoms with E-state index in [1.165, 1.54) is 0 Å². The Morgan fingerprint density at radius 1 is 1.42 bits per heavy atom. The van der Waals surface area contributed by atoms with Crippen molar-refractivity contribution in [1.82, 2.24) is 0 Å². The SMILES string of the molecule is CCOC(=O)C1=C(C)OC(N)=C(C#N)C1c1cc(Br)c(O)c(OCC)c1. The molecule has 3 N–H and O–H groups in total. The van der Waals surface area contributed by atoms with Gasteiger partial charge in [-0.2, -0.15) is 5.26 Å². The van der Waals surface area contributed by atoms with Gasteiger partial charge in [-0.25, -0.2) is 4.79 Å². The van der Waals surface area contributed by atoms with Crippen LogP contribution in [0.4, 0.5) is 0 Å². The first-order valence-electron chi connectivity index (χ1n) is 7.96. The van der Waals surface area contributed by atoms with Crippen LogP contribution in [0.25, 0.3) is 0 Å². The predicted octanol–water partition coefficient (Wildman–Crippen LogP) is 3.20. The molecule has 1 aromatic rings. The fourth-order valence-corrected chi connectivity index (χ4v) is 3.17. The lowest BCUT2D eigenvalue weighted by molar-refractivity contribution is -0.139. The predicted molar refractivity (Wildman–Crippen MR) is 97.0 cm³/mol. The molecule has 1 heterocycles. The molecule has 0 fully saturated rings. The van der Waals surface area contributed by atoms with Crippen molar-refractivity contribution in [3.63, 3.8) is 0 Å². The van der Waals surface area contributed by atoms with Crippen molar-refractivity contribution in [2.45, 2.75) is 26.7 Å². The second-order valence-corrected chi connectivity index (χ2v) is 6.25. The fourth-order valence-electron chi connectivity index (χ4n) is 2.71. The molecule has 0 aliphatic carbocycles. The highest BCUT2D eigenvalue weighted by Gasteiger charge is 2.37. The Kier molecular flexibility index (Phi) is 6.16. The number of rotatable bonds is 5. The van der Waals surface area contributed by atoms with Gasteiger partial charge in [-0.15, -0.1) is 0 Å². The Morgan fingerprint density at radius 3 is 2.69 bits per heavy atom. The maximum Gasteiger partial charge on any atom is 0.338 e. The third kappa shape index (κ3) is 3.63. The minimum absolute atomic E-state index is 0.0727. The van der Waals surface area contributed by atoms with Gasteiger partial charge in [0.2, 0.25) is 5.88 Å². The number of nitrogens with zero attached hydrogens (tertiary/aromatic N) is 1. The summed E-state index contributed by atoms with van der Waals surface area (Å²) < 4.78 is 16.3. The molecule has 0 spiro atoms. The highest BCUT2D eigenvalue weighted by atomic mass is 79.9. The zero-order valence-corrected chi connectivity index (χ0v) is 16.2. The summed E-state index contributed by atoms with van der Waals surface area (Å²) in [7, 11) is 0. The number of halogens is 1. The molecule has 1 aliphatic heterocycles. The van der Waals surface area contributed by atoms with Crippen LogP contribution in [0.15, 0.2) is 39.4 Å². The van der Waals surface area contributed by atoms with E-state index in [2.05, 4.69) is 15.9 Å². The van der Waals surface area contributed by atoms with Gasteiger partial charge in [0.05, 0.1) is 29.2 Å². The number of aromatic hydroxyl groups is 1. The number of nitrogens with two attached hydrogens (primary N) is 1. The summed E-state index contributed by atoms with van der Waals surface area (Å²) in [5.41, 5.74) is 6.66. The smallest absolute Gasteiger partial charge is 0.338 e. The van der Waals surface area contributed by atoms with Gasteiger partial charge in [-0.1, -0.05) is 0 Å². The maximum absolute atomic E-state index is 12.5. The monoisotopic (exact) mass is 422 g/mol. The summed E-state index contributed by atoms with van der Waals surface area (Å²) in [4.78, 5) is 12.5. The minimum atomic E-state index is -0.802. The molecule has 1 atom stereocenters. The van der Waals surface area contributed by atoms with Gasteiger partial charge < -0.3 is 25.1 Å². The number of hydrogen-bond acceptors (Lipinski definition) is 7. The van der Waals surface area contributed by atoms with Crippen LogP contribution in [-0.4, -0.2) is 24.3 Å². The van der Waals surface area contributed by atoms with Crippen LogP contribution in [0.1, 0.15) is 32.3 Å². The average molecular weight is 423 g/mol. The molecule has 0 amide bonds. The third-order valence-corrected chi connectivity index (χ3v) is 4.39. The lowest BCUT2D eigenvalue weighted by Gasteiger charge is -2.27. The van der Waals surface area contributed by atoms with Crippen molar-refractivity contribution in [1.29, 1.82) is 5.26 Å². The quantitative estimate of drug-likeness (QED) is 0.699. The van der Waals surface area contributed by atoms with Gasteiger partial charge in [0.15, 0.2) is 11.5 Å². The van der Waals surface area contributed by atoms with Gasteiger partial charge in [0.1, 0.15) is 17.4 Å². The van der Waals surface area contributed by atoms with Gasteiger partial charge in [-0.05, 0) is 54.4 Å². The molecule has 0 radical (unpaired) electrons. The van der Waals surface area contributed by atoms with Crippen molar-refractivity contribution < 1.29 is 24.1 Å². The largest absolute Gasteiger partial charge is 0.503 e. The molecule has 0 saturated heterocycles. The Morgan fingerprint density at radius 2 is 2.12 bits per heavy atom. The van der Waals surface area contributed by atoms with Crippen LogP contribution < -0.4 is 10.5 Å². The standard InChI is InChI=1S/C18H19BrN2O5/c1-4-24-13-7-10(6-12(19)16(13)22)15-11(8-20)17(21)26-9(3)14(15)18(23)25-5-2/h6-7,15,22H,4-5,21H2,1-3H3. The topological polar surface area (TPSA) is 115 Å². The van der Waals surface area contributed by atoms with E-state index in [0.29, 0.717) is 16.6 Å². The van der Waals surface area contributed by atoms with E-state index in [4.69, 9.17) is 19.9 Å². The van der Waals surface area contributed by atoms with Crippen molar-refractivity contribution in [2.24, 2.45) is 5.73 Å². The number of benzene rings is 1. The summed E-state index contributed by atoms with van der Waals surface area (Å²) in [5, 5.41) is 19.7. The summed E-state index contributed by atoms with van der Waals surface area (Å²) in [6.07, 6.45) is 0. The Labute approximate surface area is 159 Å². The summed E-state index contributed by atoms with van der Waals surface area (Å²) in [5.74, 6) is -1.07. The number of hydrogen-bond donors (Lipinski definition) is 2. The molecule has 7 nitrogen and oxygen atoms in total. The Bertz CT molecular complexity index is 839. The molecule has 138 valence electrons. The number of allylic oxidation sites excluding steroid dienone is 2. The number of phenolic OH excluding ortho intramolecular Hbond substituents is 1. The molecule has 1 aromatic carbocycles. The van der Waals surface area contributed by atoms with Crippen LogP contribution in [0.5, 0.6) is 11.5 Å². The van der Waals surface area contributed by atoms with Gasteiger partial charge in [0, 0.05) is 0 Å². The maximum atomic E-state index is 12.5. The van der Waals surface area contributed by atoms with E-state index in [1.54, 1.807) is 32.9 Å². The zero-order chi connectivity index (χ0) is 19.4. The van der Waals surface area contributed by atoms with Crippen LogP contribution in [0.3, 0.4) is 0 Å². The second kappa shape index (κ2) is 8.15. The molecule has 8 heteroatoms. The first kappa shape index (κ1) is 19.7. The fraction of sp³-hybridized carbons (Fsp3) is 0.333. The summed E-state index contributed by atoms with van der Waals surface area (Å²) in [6, 6.07) is 5.17. The normalized spacial score (nSPS) is 16.8. The van der Waals surface area contributed by atoms with Gasteiger partial charge in [-0.3, -0.25) is 0 Å². The van der Waals surface area contributed by atoms with E-state index in [0.717, 1.165) is 0 Å². The van der Waals surface area contributed by atoms with Crippen LogP contribution in [-0.2, 0) is 14.3 Å². The van der Waals surface area contributed by atoms with Gasteiger partial charge >= 0.3 is 5.97 Å². The molecule has 0 aromatic heterocycles. The van der Waals surface area contributed by atoms with Crippen molar-refractivity contribution in [2.75, 3.05) is 13.2 Å². The second-order valence-electron chi connectivity index (χ2n) is 5.40. The minimum Gasteiger partial charge on any atom is -0.503 e. The first-order chi connectivity index (χ1) is 12.3. The van der Waals surface area contributed by atoms with E-state index in [-0.39, 0.29) is 40.9 Å². The van der Waals surface area contributed by atoms with Crippen LogP contribution in [0, 0.1) is 11.3 Å². The van der Waals surface area contributed by atoms with Gasteiger partial charge in [0.25, 0.3) is 0 Å². The highest BCUT2D eigenvalue weighted by molar-refractivity contribution is 9.10. The number of ether oxygens (including phenoxy) is 3. The number of phenols is 1. The third-order valence-electron chi connectivity index (χ3n) is 3.78. The number of carbonyl (C=O) groups excluding carboxylic acids is 1. The zero-order valence-electron chi connectivity index (χ0n) is 14.6. The van der Waals surface area contributed by atoms with Crippen molar-refractivity contribution >= 4 is 21.9 Å². The lowest BCUT2D eigenvalue weighted by Crippen LogP contribution is -2.25. The van der Waals surface area contributed by atoms with Crippen molar-refractivity contribution in [3.05, 3.63) is 45.0 Å². The first-order valence-corrected chi connectivity index (χ1v) is 8.75. The molecule has 1 unspecified atom stereocenters. The molecule has 26 heavy (non-hydrogen) atoms. The lowest BCUT2D eigenvalue weighted by atomic mass is 9.83. The number of carbonyl (C=O) groups is 1. The number of esters is 1. The molecule has 0 saturated carbocycles. The van der Waals surface area contributed by atoms with Crippen LogP contribution >= 0.6 is 15.9 Å². The highest BCUT2D eigenvalue weighted by Crippen LogP contribution is 2.44. The summed E-state index contributed by atoms with van der Waals surface area (Å²) in [6.45, 7) is 5.55.